The van der Waals surface area contributed by atoms with Crippen molar-refractivity contribution in [2.24, 2.45) is 14.1 Å². The van der Waals surface area contributed by atoms with Crippen LogP contribution in [0.1, 0.15) is 6.92 Å². The van der Waals surface area contributed by atoms with Crippen LogP contribution < -0.4 is 15.8 Å². The maximum absolute atomic E-state index is 13.3. The molecule has 0 radical (unpaired) electrons. The van der Waals surface area contributed by atoms with Crippen molar-refractivity contribution in [3.63, 3.8) is 0 Å². The topological polar surface area (TPSA) is 83.8 Å². The quantitative estimate of drug-likeness (QED) is 0.528. The molecule has 0 aliphatic carbocycles. The fraction of sp³-hybridized carbons (Fsp3) is 0.350. The minimum Gasteiger partial charge on any atom is -0.345 e. The lowest BCUT2D eigenvalue weighted by atomic mass is 10.0. The van der Waals surface area contributed by atoms with Crippen LogP contribution in [0.15, 0.2) is 29.3 Å². The molecule has 1 aromatic carbocycles. The Balaban J connectivity index is 1.69. The Hall–Kier alpha value is -2.84. The van der Waals surface area contributed by atoms with Gasteiger partial charge in [-0.15, -0.1) is 0 Å². The van der Waals surface area contributed by atoms with Crippen LogP contribution in [0.3, 0.4) is 0 Å². The van der Waals surface area contributed by atoms with Gasteiger partial charge < -0.3 is 15.2 Å². The van der Waals surface area contributed by atoms with Crippen LogP contribution in [-0.2, 0) is 14.1 Å². The summed E-state index contributed by atoms with van der Waals surface area (Å²) < 4.78 is 3.37. The number of hydrogen-bond acceptors (Lipinski definition) is 5. The highest BCUT2D eigenvalue weighted by Crippen LogP contribution is 2.36. The summed E-state index contributed by atoms with van der Waals surface area (Å²) in [6.45, 7) is 4.62. The van der Waals surface area contributed by atoms with Crippen molar-refractivity contribution in [1.82, 2.24) is 29.6 Å². The van der Waals surface area contributed by atoms with Gasteiger partial charge in [0.05, 0.1) is 15.9 Å². The summed E-state index contributed by atoms with van der Waals surface area (Å²) >= 11 is 6.70. The minimum absolute atomic E-state index is 0.0882. The lowest BCUT2D eigenvalue weighted by Gasteiger charge is -2.33. The average molecular weight is 412 g/mol. The number of H-pyrrole nitrogens is 1. The Morgan fingerprint density at radius 1 is 1.24 bits per heavy atom. The van der Waals surface area contributed by atoms with E-state index in [0.29, 0.717) is 28.0 Å². The Morgan fingerprint density at radius 3 is 2.86 bits per heavy atom. The van der Waals surface area contributed by atoms with Gasteiger partial charge in [0, 0.05) is 68.7 Å². The highest BCUT2D eigenvalue weighted by atomic mass is 35.5. The van der Waals surface area contributed by atoms with Crippen molar-refractivity contribution >= 4 is 39.5 Å². The van der Waals surface area contributed by atoms with Gasteiger partial charge in [0.1, 0.15) is 5.65 Å². The summed E-state index contributed by atoms with van der Waals surface area (Å²) in [5.74, 6) is 0.679. The second kappa shape index (κ2) is 6.60. The summed E-state index contributed by atoms with van der Waals surface area (Å²) in [7, 11) is 3.64. The number of aromatic nitrogens is 5. The summed E-state index contributed by atoms with van der Waals surface area (Å²) in [6, 6.07) is 4.18. The van der Waals surface area contributed by atoms with Crippen LogP contribution in [0.25, 0.3) is 33.1 Å². The number of rotatable bonds is 2. The number of hydrogen-bond donors (Lipinski definition) is 2. The predicted molar refractivity (Wildman–Crippen MR) is 116 cm³/mol. The van der Waals surface area contributed by atoms with Crippen LogP contribution in [-0.4, -0.2) is 50.0 Å². The Bertz CT molecular complexity index is 1300. The van der Waals surface area contributed by atoms with Gasteiger partial charge in [-0.2, -0.15) is 10.1 Å². The van der Waals surface area contributed by atoms with E-state index in [1.54, 1.807) is 16.3 Å². The van der Waals surface area contributed by atoms with Crippen molar-refractivity contribution in [2.45, 2.75) is 13.0 Å². The van der Waals surface area contributed by atoms with Gasteiger partial charge in [0.2, 0.25) is 5.95 Å². The molecule has 150 valence electrons. The molecular weight excluding hydrogens is 390 g/mol. The molecule has 2 N–H and O–H groups in total. The van der Waals surface area contributed by atoms with Gasteiger partial charge >= 0.3 is 0 Å². The normalized spacial score (nSPS) is 17.5. The molecule has 0 spiro atoms. The first-order valence-electron chi connectivity index (χ1n) is 9.62. The fourth-order valence-corrected chi connectivity index (χ4v) is 4.46. The average Bonchev–Trinajstić information content (AvgIpc) is 3.28. The first-order chi connectivity index (χ1) is 13.9. The number of nitrogens with one attached hydrogen (secondary N) is 2. The molecule has 4 heterocycles. The van der Waals surface area contributed by atoms with Crippen LogP contribution in [0.4, 0.5) is 5.95 Å². The van der Waals surface area contributed by atoms with Gasteiger partial charge in [-0.05, 0) is 13.0 Å². The van der Waals surface area contributed by atoms with Gasteiger partial charge in [0.15, 0.2) is 0 Å². The van der Waals surface area contributed by atoms with Gasteiger partial charge in [-0.3, -0.25) is 14.0 Å². The predicted octanol–water partition coefficient (Wildman–Crippen LogP) is 2.27. The lowest BCUT2D eigenvalue weighted by molar-refractivity contribution is 0.475. The molecule has 4 aromatic rings. The molecular formula is C20H22ClN7O. The van der Waals surface area contributed by atoms with Crippen LogP contribution >= 0.6 is 11.6 Å². The Labute approximate surface area is 172 Å². The lowest BCUT2D eigenvalue weighted by Crippen LogP contribution is -2.50. The van der Waals surface area contributed by atoms with Crippen molar-refractivity contribution in [2.75, 3.05) is 24.5 Å². The van der Waals surface area contributed by atoms with Gasteiger partial charge in [0.25, 0.3) is 5.56 Å². The Morgan fingerprint density at radius 2 is 2.07 bits per heavy atom. The number of fused-ring (bicyclic) bond motifs is 2. The number of halogens is 1. The first kappa shape index (κ1) is 18.2. The second-order valence-electron chi connectivity index (χ2n) is 7.67. The standard InChI is InChI=1S/C20H22ClN7O/c1-11-9-28(7-6-22-11)20-24-18-16(19(29)27(20)3)13(8-23-18)12-4-5-15-14(17(12)21)10-26(2)25-15/h4-5,8,10-11,22-23H,6-7,9H2,1-3H3/t11-/m0/s1. The molecule has 0 bridgehead atoms. The van der Waals surface area contributed by atoms with E-state index < -0.39 is 0 Å². The number of anilines is 1. The van der Waals surface area contributed by atoms with E-state index >= 15 is 0 Å². The molecule has 1 aliphatic rings. The van der Waals surface area contributed by atoms with Crippen molar-refractivity contribution < 1.29 is 0 Å². The van der Waals surface area contributed by atoms with Crippen LogP contribution in [0, 0.1) is 0 Å². The van der Waals surface area contributed by atoms with Crippen molar-refractivity contribution in [3.8, 4) is 11.1 Å². The Kier molecular flexibility index (Phi) is 4.15. The van der Waals surface area contributed by atoms with E-state index in [9.17, 15) is 4.79 Å². The summed E-state index contributed by atoms with van der Waals surface area (Å²) in [5, 5.41) is 9.80. The van der Waals surface area contributed by atoms with Crippen molar-refractivity contribution in [3.05, 3.63) is 39.9 Å². The SMILES string of the molecule is C[C@H]1CN(c2nc3[nH]cc(-c4ccc5nn(C)cc5c4Cl)c3c(=O)n2C)CCN1. The first-order valence-corrected chi connectivity index (χ1v) is 10.0. The second-order valence-corrected chi connectivity index (χ2v) is 8.04. The van der Waals surface area contributed by atoms with Gasteiger partial charge in [-0.25, -0.2) is 0 Å². The molecule has 1 aliphatic heterocycles. The molecule has 1 fully saturated rings. The number of benzene rings is 1. The zero-order valence-corrected chi connectivity index (χ0v) is 17.3. The minimum atomic E-state index is -0.0882. The number of aromatic amines is 1. The molecule has 1 atom stereocenters. The molecule has 8 nitrogen and oxygen atoms in total. The molecule has 29 heavy (non-hydrogen) atoms. The summed E-state index contributed by atoms with van der Waals surface area (Å²) in [6.07, 6.45) is 3.70. The van der Waals surface area contributed by atoms with E-state index in [4.69, 9.17) is 16.6 Å². The highest BCUT2D eigenvalue weighted by Gasteiger charge is 2.23. The maximum atomic E-state index is 13.3. The maximum Gasteiger partial charge on any atom is 0.264 e. The van der Waals surface area contributed by atoms with Crippen molar-refractivity contribution in [1.29, 1.82) is 0 Å². The third-order valence-corrected chi connectivity index (χ3v) is 5.98. The smallest absolute Gasteiger partial charge is 0.264 e. The zero-order valence-electron chi connectivity index (χ0n) is 16.5. The van der Waals surface area contributed by atoms with E-state index in [0.717, 1.165) is 41.7 Å². The molecule has 3 aromatic heterocycles. The summed E-state index contributed by atoms with van der Waals surface area (Å²) in [5.41, 5.74) is 2.86. The van der Waals surface area contributed by atoms with Crippen LogP contribution in [0.2, 0.25) is 5.02 Å². The molecule has 9 heteroatoms. The number of piperazine rings is 1. The largest absolute Gasteiger partial charge is 0.345 e. The molecule has 5 rings (SSSR count). The third-order valence-electron chi connectivity index (χ3n) is 5.57. The zero-order chi connectivity index (χ0) is 20.3. The summed E-state index contributed by atoms with van der Waals surface area (Å²) in [4.78, 5) is 23.4. The van der Waals surface area contributed by atoms with E-state index in [1.807, 2.05) is 31.6 Å². The van der Waals surface area contributed by atoms with Gasteiger partial charge in [-0.1, -0.05) is 17.7 Å². The molecule has 0 unspecified atom stereocenters. The van der Waals surface area contributed by atoms with E-state index in [2.05, 4.69) is 27.2 Å². The monoisotopic (exact) mass is 411 g/mol. The molecule has 0 saturated carbocycles. The van der Waals surface area contributed by atoms with E-state index in [-0.39, 0.29) is 5.56 Å². The fourth-order valence-electron chi connectivity index (χ4n) is 4.15. The molecule has 0 amide bonds. The number of nitrogens with zero attached hydrogens (tertiary/aromatic N) is 5. The third kappa shape index (κ3) is 2.82. The van der Waals surface area contributed by atoms with Crippen LogP contribution in [0.5, 0.6) is 0 Å². The molecule has 1 saturated heterocycles. The van der Waals surface area contributed by atoms with E-state index in [1.165, 1.54) is 0 Å². The number of aryl methyl sites for hydroxylation is 1. The highest BCUT2D eigenvalue weighted by molar-refractivity contribution is 6.38.